The summed E-state index contributed by atoms with van der Waals surface area (Å²) in [6.07, 6.45) is 4.71. The second-order valence-corrected chi connectivity index (χ2v) is 5.90. The molecule has 0 aliphatic rings. The molecule has 122 valence electrons. The first-order chi connectivity index (χ1) is 11.1. The van der Waals surface area contributed by atoms with Crippen LogP contribution in [0.3, 0.4) is 0 Å². The quantitative estimate of drug-likeness (QED) is 0.817. The van der Waals surface area contributed by atoms with Crippen LogP contribution < -0.4 is 5.49 Å². The van der Waals surface area contributed by atoms with Crippen LogP contribution in [0, 0.1) is 5.92 Å². The maximum absolute atomic E-state index is 12.6. The van der Waals surface area contributed by atoms with Gasteiger partial charge in [0.15, 0.2) is 5.49 Å². The number of carbonyl (C=O) groups is 1. The SMILES string of the molecule is CCCCC(Cc1ccccc1Cl)C(=O)N=c1ccccn1O. The van der Waals surface area contributed by atoms with Crippen molar-refractivity contribution in [3.05, 3.63) is 64.7 Å². The Labute approximate surface area is 141 Å². The van der Waals surface area contributed by atoms with Crippen molar-refractivity contribution in [1.82, 2.24) is 4.73 Å². The zero-order valence-corrected chi connectivity index (χ0v) is 13.9. The van der Waals surface area contributed by atoms with E-state index in [0.29, 0.717) is 11.4 Å². The van der Waals surface area contributed by atoms with Crippen LogP contribution in [0.2, 0.25) is 5.02 Å². The number of pyridine rings is 1. The number of aromatic nitrogens is 1. The number of unbranched alkanes of at least 4 members (excludes halogenated alkanes) is 1. The number of benzene rings is 1. The van der Waals surface area contributed by atoms with Crippen molar-refractivity contribution in [3.63, 3.8) is 0 Å². The Balaban J connectivity index is 2.24. The Morgan fingerprint density at radius 3 is 2.70 bits per heavy atom. The highest BCUT2D eigenvalue weighted by atomic mass is 35.5. The lowest BCUT2D eigenvalue weighted by Crippen LogP contribution is -2.23. The molecule has 1 aromatic heterocycles. The monoisotopic (exact) mass is 332 g/mol. The van der Waals surface area contributed by atoms with Gasteiger partial charge in [-0.05, 0) is 36.6 Å². The summed E-state index contributed by atoms with van der Waals surface area (Å²) in [4.78, 5) is 16.6. The standard InChI is InChI=1S/C18H21ClN2O2/c1-2-3-8-15(13-14-9-4-5-10-16(14)19)18(22)20-17-11-6-7-12-21(17)23/h4-7,9-12,15,23H,2-3,8,13H2,1H3. The van der Waals surface area contributed by atoms with E-state index in [1.807, 2.05) is 24.3 Å². The van der Waals surface area contributed by atoms with Crippen LogP contribution in [0.25, 0.3) is 0 Å². The van der Waals surface area contributed by atoms with E-state index in [1.54, 1.807) is 18.2 Å². The van der Waals surface area contributed by atoms with E-state index >= 15 is 0 Å². The molecule has 0 radical (unpaired) electrons. The maximum atomic E-state index is 12.6. The minimum absolute atomic E-state index is 0.229. The molecule has 4 nitrogen and oxygen atoms in total. The Bertz CT molecular complexity index is 725. The summed E-state index contributed by atoms with van der Waals surface area (Å²) in [7, 11) is 0. The molecule has 1 N–H and O–H groups in total. The molecule has 0 fully saturated rings. The highest BCUT2D eigenvalue weighted by Crippen LogP contribution is 2.22. The second-order valence-electron chi connectivity index (χ2n) is 5.49. The van der Waals surface area contributed by atoms with E-state index in [-0.39, 0.29) is 17.3 Å². The largest absolute Gasteiger partial charge is 0.427 e. The molecule has 0 spiro atoms. The first-order valence-corrected chi connectivity index (χ1v) is 8.18. The number of carbonyl (C=O) groups excluding carboxylic acids is 1. The summed E-state index contributed by atoms with van der Waals surface area (Å²) in [5, 5.41) is 10.4. The van der Waals surface area contributed by atoms with E-state index in [1.165, 1.54) is 6.20 Å². The molecule has 5 heteroatoms. The number of rotatable bonds is 6. The Morgan fingerprint density at radius 1 is 1.26 bits per heavy atom. The van der Waals surface area contributed by atoms with Crippen molar-refractivity contribution >= 4 is 17.5 Å². The van der Waals surface area contributed by atoms with Crippen molar-refractivity contribution in [2.45, 2.75) is 32.6 Å². The summed E-state index contributed by atoms with van der Waals surface area (Å²) in [5.74, 6) is -0.470. The lowest BCUT2D eigenvalue weighted by Gasteiger charge is -2.14. The van der Waals surface area contributed by atoms with Gasteiger partial charge in [-0.25, -0.2) is 0 Å². The van der Waals surface area contributed by atoms with E-state index in [9.17, 15) is 10.0 Å². The summed E-state index contributed by atoms with van der Waals surface area (Å²) in [6.45, 7) is 2.09. The van der Waals surface area contributed by atoms with Crippen molar-refractivity contribution < 1.29 is 10.0 Å². The molecule has 0 aliphatic carbocycles. The van der Waals surface area contributed by atoms with Gasteiger partial charge in [-0.3, -0.25) is 4.79 Å². The fraction of sp³-hybridized carbons (Fsp3) is 0.333. The van der Waals surface area contributed by atoms with Gasteiger partial charge in [0, 0.05) is 17.1 Å². The van der Waals surface area contributed by atoms with Crippen molar-refractivity contribution in [1.29, 1.82) is 0 Å². The second kappa shape index (κ2) is 8.53. The summed E-state index contributed by atoms with van der Waals surface area (Å²) in [5.41, 5.74) is 1.18. The normalized spacial score (nSPS) is 13.0. The molecule has 0 aliphatic heterocycles. The van der Waals surface area contributed by atoms with Gasteiger partial charge in [-0.2, -0.15) is 9.72 Å². The zero-order chi connectivity index (χ0) is 16.7. The van der Waals surface area contributed by atoms with Crippen LogP contribution in [0.1, 0.15) is 31.7 Å². The van der Waals surface area contributed by atoms with Gasteiger partial charge in [0.25, 0.3) is 5.91 Å². The lowest BCUT2D eigenvalue weighted by molar-refractivity contribution is -0.122. The summed E-state index contributed by atoms with van der Waals surface area (Å²) >= 11 is 6.21. The van der Waals surface area contributed by atoms with Crippen LogP contribution in [-0.4, -0.2) is 15.8 Å². The molecular formula is C18H21ClN2O2. The molecule has 0 saturated heterocycles. The molecule has 1 aromatic carbocycles. The molecule has 1 atom stereocenters. The van der Waals surface area contributed by atoms with E-state index < -0.39 is 0 Å². The highest BCUT2D eigenvalue weighted by Gasteiger charge is 2.19. The lowest BCUT2D eigenvalue weighted by atomic mass is 9.93. The summed E-state index contributed by atoms with van der Waals surface area (Å²) in [6, 6.07) is 12.5. The van der Waals surface area contributed by atoms with Crippen LogP contribution >= 0.6 is 11.6 Å². The minimum atomic E-state index is -0.241. The third-order valence-corrected chi connectivity index (χ3v) is 4.09. The Hall–Kier alpha value is -2.07. The first-order valence-electron chi connectivity index (χ1n) is 7.80. The number of hydrogen-bond acceptors (Lipinski definition) is 2. The van der Waals surface area contributed by atoms with E-state index in [0.717, 1.165) is 29.6 Å². The third kappa shape index (κ3) is 4.96. The van der Waals surface area contributed by atoms with Gasteiger partial charge in [0.1, 0.15) is 0 Å². The van der Waals surface area contributed by atoms with Gasteiger partial charge in [0.05, 0.1) is 0 Å². The smallest absolute Gasteiger partial charge is 0.251 e. The average Bonchev–Trinajstić information content (AvgIpc) is 2.55. The molecular weight excluding hydrogens is 312 g/mol. The molecule has 1 unspecified atom stereocenters. The zero-order valence-electron chi connectivity index (χ0n) is 13.2. The van der Waals surface area contributed by atoms with Crippen LogP contribution in [0.5, 0.6) is 0 Å². The van der Waals surface area contributed by atoms with Gasteiger partial charge in [0.2, 0.25) is 0 Å². The molecule has 2 rings (SSSR count). The van der Waals surface area contributed by atoms with Crippen molar-refractivity contribution in [2.75, 3.05) is 0 Å². The number of hydrogen-bond donors (Lipinski definition) is 1. The van der Waals surface area contributed by atoms with Gasteiger partial charge >= 0.3 is 0 Å². The minimum Gasteiger partial charge on any atom is -0.427 e. The maximum Gasteiger partial charge on any atom is 0.251 e. The van der Waals surface area contributed by atoms with E-state index in [2.05, 4.69) is 11.9 Å². The fourth-order valence-electron chi connectivity index (χ4n) is 2.41. The predicted molar refractivity (Wildman–Crippen MR) is 90.4 cm³/mol. The Kier molecular flexibility index (Phi) is 6.41. The van der Waals surface area contributed by atoms with Crippen LogP contribution in [0.4, 0.5) is 0 Å². The average molecular weight is 333 g/mol. The molecule has 0 bridgehead atoms. The molecule has 2 aromatic rings. The fourth-order valence-corrected chi connectivity index (χ4v) is 2.62. The van der Waals surface area contributed by atoms with E-state index in [4.69, 9.17) is 11.6 Å². The Morgan fingerprint density at radius 2 is 2.00 bits per heavy atom. The van der Waals surface area contributed by atoms with Crippen LogP contribution in [-0.2, 0) is 11.2 Å². The van der Waals surface area contributed by atoms with Crippen molar-refractivity contribution in [3.8, 4) is 0 Å². The number of amides is 1. The molecule has 1 amide bonds. The molecule has 1 heterocycles. The summed E-state index contributed by atoms with van der Waals surface area (Å²) < 4.78 is 0.851. The van der Waals surface area contributed by atoms with Crippen LogP contribution in [0.15, 0.2) is 53.7 Å². The molecule has 0 saturated carbocycles. The van der Waals surface area contributed by atoms with Gasteiger partial charge in [-0.1, -0.05) is 55.6 Å². The number of nitrogens with zero attached hydrogens (tertiary/aromatic N) is 2. The number of halogens is 1. The van der Waals surface area contributed by atoms with Crippen molar-refractivity contribution in [2.24, 2.45) is 10.9 Å². The topological polar surface area (TPSA) is 54.6 Å². The van der Waals surface area contributed by atoms with Gasteiger partial charge in [-0.15, -0.1) is 0 Å². The highest BCUT2D eigenvalue weighted by molar-refractivity contribution is 6.31. The van der Waals surface area contributed by atoms with Gasteiger partial charge < -0.3 is 5.21 Å². The molecule has 23 heavy (non-hydrogen) atoms. The first kappa shape index (κ1) is 17.3. The third-order valence-electron chi connectivity index (χ3n) is 3.72. The predicted octanol–water partition coefficient (Wildman–Crippen LogP) is 3.86.